The number of amides is 2. The van der Waals surface area contributed by atoms with Crippen molar-refractivity contribution in [3.8, 4) is 0 Å². The number of hydrogen-bond acceptors (Lipinski definition) is 4. The van der Waals surface area contributed by atoms with Crippen molar-refractivity contribution >= 4 is 28.9 Å². The zero-order valence-electron chi connectivity index (χ0n) is 12.7. The predicted octanol–water partition coefficient (Wildman–Crippen LogP) is 1.29. The van der Waals surface area contributed by atoms with E-state index in [4.69, 9.17) is 5.73 Å². The summed E-state index contributed by atoms with van der Waals surface area (Å²) in [6.07, 6.45) is 6.39. The van der Waals surface area contributed by atoms with E-state index in [1.165, 1.54) is 12.4 Å². The van der Waals surface area contributed by atoms with E-state index in [0.717, 1.165) is 16.5 Å². The molecule has 24 heavy (non-hydrogen) atoms. The molecule has 3 rings (SSSR count). The average molecular weight is 321 g/mol. The molecular weight excluding hydrogens is 306 g/mol. The van der Waals surface area contributed by atoms with Crippen molar-refractivity contribution < 1.29 is 9.59 Å². The molecule has 120 valence electrons. The topological polar surface area (TPSA) is 102 Å². The summed E-state index contributed by atoms with van der Waals surface area (Å²) < 4.78 is 1.75. The maximum atomic E-state index is 11.9. The van der Waals surface area contributed by atoms with Crippen molar-refractivity contribution in [2.75, 3.05) is 0 Å². The number of hydrogen-bond donors (Lipinski definition) is 2. The number of nitrogens with zero attached hydrogens (tertiary/aromatic N) is 3. The molecule has 0 unspecified atom stereocenters. The van der Waals surface area contributed by atoms with Crippen LogP contribution in [-0.4, -0.2) is 27.6 Å². The summed E-state index contributed by atoms with van der Waals surface area (Å²) in [5.74, 6) is -0.750. The largest absolute Gasteiger partial charge is 0.368 e. The van der Waals surface area contributed by atoms with E-state index < -0.39 is 5.91 Å². The first-order chi connectivity index (χ1) is 11.6. The lowest BCUT2D eigenvalue weighted by Gasteiger charge is -2.00. The van der Waals surface area contributed by atoms with Crippen LogP contribution in [0.5, 0.6) is 0 Å². The normalized spacial score (nSPS) is 11.0. The van der Waals surface area contributed by atoms with Crippen molar-refractivity contribution in [1.82, 2.24) is 15.0 Å². The number of carbonyl (C=O) groups excluding carboxylic acids is 2. The van der Waals surface area contributed by atoms with Crippen molar-refractivity contribution in [2.24, 2.45) is 10.8 Å². The summed E-state index contributed by atoms with van der Waals surface area (Å²) >= 11 is 0. The zero-order chi connectivity index (χ0) is 16.9. The number of aromatic nitrogens is 2. The highest BCUT2D eigenvalue weighted by atomic mass is 16.2. The summed E-state index contributed by atoms with van der Waals surface area (Å²) in [5.41, 5.74) is 9.86. The molecule has 2 aromatic heterocycles. The molecular formula is C17H15N5O2. The van der Waals surface area contributed by atoms with E-state index in [-0.39, 0.29) is 12.5 Å². The van der Waals surface area contributed by atoms with E-state index in [0.29, 0.717) is 5.56 Å². The first kappa shape index (κ1) is 15.4. The Morgan fingerprint density at radius 2 is 1.96 bits per heavy atom. The minimum Gasteiger partial charge on any atom is -0.368 e. The first-order valence-corrected chi connectivity index (χ1v) is 7.25. The molecule has 1 aromatic carbocycles. The van der Waals surface area contributed by atoms with Crippen molar-refractivity contribution in [3.63, 3.8) is 0 Å². The smallest absolute Gasteiger partial charge is 0.271 e. The second-order valence-corrected chi connectivity index (χ2v) is 5.13. The molecule has 0 bridgehead atoms. The van der Waals surface area contributed by atoms with E-state index in [1.54, 1.807) is 29.1 Å². The number of nitrogens with two attached hydrogens (primary N) is 1. The molecule has 2 heterocycles. The lowest BCUT2D eigenvalue weighted by molar-refractivity contribution is -0.118. The molecule has 0 spiro atoms. The summed E-state index contributed by atoms with van der Waals surface area (Å²) in [5, 5.41) is 4.90. The van der Waals surface area contributed by atoms with E-state index in [2.05, 4.69) is 15.5 Å². The number of para-hydroxylation sites is 1. The fourth-order valence-electron chi connectivity index (χ4n) is 2.41. The fraction of sp³-hybridized carbons (Fsp3) is 0.0588. The Morgan fingerprint density at radius 1 is 1.21 bits per heavy atom. The van der Waals surface area contributed by atoms with E-state index >= 15 is 0 Å². The first-order valence-electron chi connectivity index (χ1n) is 7.25. The van der Waals surface area contributed by atoms with Crippen LogP contribution in [0.2, 0.25) is 0 Å². The number of primary amides is 1. The molecule has 7 nitrogen and oxygen atoms in total. The standard InChI is InChI=1S/C17H15N5O2/c18-16(23)11-22-10-13(14-3-1-2-4-15(14)22)9-20-21-17(24)12-5-7-19-8-6-12/h1-10H,11H2,(H2,18,23)(H,21,24). The van der Waals surface area contributed by atoms with Crippen LogP contribution in [0, 0.1) is 0 Å². The van der Waals surface area contributed by atoms with Gasteiger partial charge in [-0.25, -0.2) is 5.43 Å². The van der Waals surface area contributed by atoms with Crippen LogP contribution < -0.4 is 11.2 Å². The summed E-state index contributed by atoms with van der Waals surface area (Å²) in [6, 6.07) is 10.8. The number of nitrogens with one attached hydrogen (secondary N) is 1. The van der Waals surface area contributed by atoms with Gasteiger partial charge in [0.2, 0.25) is 5.91 Å². The van der Waals surface area contributed by atoms with Crippen LogP contribution in [0.3, 0.4) is 0 Å². The van der Waals surface area contributed by atoms with Crippen molar-refractivity contribution in [1.29, 1.82) is 0 Å². The minimum atomic E-state index is -0.426. The van der Waals surface area contributed by atoms with Crippen LogP contribution >= 0.6 is 0 Å². The monoisotopic (exact) mass is 321 g/mol. The number of pyridine rings is 1. The lowest BCUT2D eigenvalue weighted by Crippen LogP contribution is -2.18. The Hall–Kier alpha value is -3.48. The van der Waals surface area contributed by atoms with Gasteiger partial charge in [-0.15, -0.1) is 0 Å². The van der Waals surface area contributed by atoms with Gasteiger partial charge in [0.15, 0.2) is 0 Å². The van der Waals surface area contributed by atoms with Gasteiger partial charge in [0.1, 0.15) is 6.54 Å². The summed E-state index contributed by atoms with van der Waals surface area (Å²) in [6.45, 7) is 0.0811. The molecule has 3 aromatic rings. The van der Waals surface area contributed by atoms with E-state index in [1.807, 2.05) is 24.3 Å². The third-order valence-corrected chi connectivity index (χ3v) is 3.46. The van der Waals surface area contributed by atoms with Gasteiger partial charge >= 0.3 is 0 Å². The molecule has 0 aliphatic rings. The van der Waals surface area contributed by atoms with Crippen LogP contribution in [0.1, 0.15) is 15.9 Å². The van der Waals surface area contributed by atoms with Crippen LogP contribution in [0.15, 0.2) is 60.1 Å². The van der Waals surface area contributed by atoms with E-state index in [9.17, 15) is 9.59 Å². The summed E-state index contributed by atoms with van der Waals surface area (Å²) in [7, 11) is 0. The molecule has 0 saturated heterocycles. The molecule has 0 fully saturated rings. The lowest BCUT2D eigenvalue weighted by atomic mass is 10.2. The Balaban J connectivity index is 1.82. The third-order valence-electron chi connectivity index (χ3n) is 3.46. The van der Waals surface area contributed by atoms with Gasteiger partial charge < -0.3 is 10.3 Å². The Kier molecular flexibility index (Phi) is 4.33. The van der Waals surface area contributed by atoms with Crippen LogP contribution in [0.25, 0.3) is 10.9 Å². The molecule has 7 heteroatoms. The molecule has 3 N–H and O–H groups in total. The van der Waals surface area contributed by atoms with Crippen LogP contribution in [-0.2, 0) is 11.3 Å². The van der Waals surface area contributed by atoms with Crippen molar-refractivity contribution in [2.45, 2.75) is 6.54 Å². The quantitative estimate of drug-likeness (QED) is 0.546. The molecule has 0 saturated carbocycles. The maximum Gasteiger partial charge on any atom is 0.271 e. The van der Waals surface area contributed by atoms with Gasteiger partial charge in [-0.05, 0) is 18.2 Å². The maximum absolute atomic E-state index is 11.9. The Bertz CT molecular complexity index is 915. The van der Waals surface area contributed by atoms with Gasteiger partial charge in [-0.3, -0.25) is 14.6 Å². The molecule has 0 radical (unpaired) electrons. The number of hydrazone groups is 1. The SMILES string of the molecule is NC(=O)Cn1cc(C=NNC(=O)c2ccncc2)c2ccccc21. The second-order valence-electron chi connectivity index (χ2n) is 5.13. The van der Waals surface area contributed by atoms with Crippen LogP contribution in [0.4, 0.5) is 0 Å². The average Bonchev–Trinajstić information content (AvgIpc) is 2.93. The highest BCUT2D eigenvalue weighted by Crippen LogP contribution is 2.19. The van der Waals surface area contributed by atoms with Gasteiger partial charge in [-0.2, -0.15) is 5.10 Å². The number of benzene rings is 1. The predicted molar refractivity (Wildman–Crippen MR) is 90.4 cm³/mol. The fourth-order valence-corrected chi connectivity index (χ4v) is 2.41. The Morgan fingerprint density at radius 3 is 2.71 bits per heavy atom. The number of rotatable bonds is 5. The highest BCUT2D eigenvalue weighted by molar-refractivity contribution is 6.01. The van der Waals surface area contributed by atoms with Crippen molar-refractivity contribution in [3.05, 3.63) is 66.1 Å². The minimum absolute atomic E-state index is 0.0811. The van der Waals surface area contributed by atoms with Gasteiger partial charge in [0.25, 0.3) is 5.91 Å². The molecule has 0 aliphatic carbocycles. The highest BCUT2D eigenvalue weighted by Gasteiger charge is 2.08. The Labute approximate surface area is 137 Å². The second kappa shape index (κ2) is 6.74. The van der Waals surface area contributed by atoms with Gasteiger partial charge in [0, 0.05) is 40.6 Å². The molecule has 0 aliphatic heterocycles. The third kappa shape index (κ3) is 3.30. The molecule has 2 amide bonds. The number of carbonyl (C=O) groups is 2. The summed E-state index contributed by atoms with van der Waals surface area (Å²) in [4.78, 5) is 27.0. The van der Waals surface area contributed by atoms with Gasteiger partial charge in [-0.1, -0.05) is 18.2 Å². The molecule has 0 atom stereocenters. The van der Waals surface area contributed by atoms with Gasteiger partial charge in [0.05, 0.1) is 6.21 Å². The number of fused-ring (bicyclic) bond motifs is 1. The zero-order valence-corrected chi connectivity index (χ0v) is 12.7.